The van der Waals surface area contributed by atoms with Crippen LogP contribution < -0.4 is 16.8 Å². The average Bonchev–Trinajstić information content (AvgIpc) is 3.43. The number of ether oxygens (including phenoxy) is 2. The number of primary amides is 1. The number of carbonyl (C=O) groups is 3. The first kappa shape index (κ1) is 29.3. The summed E-state index contributed by atoms with van der Waals surface area (Å²) in [7, 11) is 0. The molecule has 1 aromatic carbocycles. The molecular formula is C31H41FN4O5. The second kappa shape index (κ2) is 11.2. The van der Waals surface area contributed by atoms with Crippen LogP contribution in [-0.4, -0.2) is 40.4 Å². The van der Waals surface area contributed by atoms with Gasteiger partial charge in [-0.15, -0.1) is 0 Å². The Morgan fingerprint density at radius 3 is 2.51 bits per heavy atom. The third kappa shape index (κ3) is 5.90. The van der Waals surface area contributed by atoms with Crippen molar-refractivity contribution in [2.24, 2.45) is 22.8 Å². The lowest BCUT2D eigenvalue weighted by Crippen LogP contribution is -2.38. The molecule has 0 saturated heterocycles. The van der Waals surface area contributed by atoms with Gasteiger partial charge in [-0.25, -0.2) is 4.39 Å². The second-order valence-corrected chi connectivity index (χ2v) is 13.0. The predicted octanol–water partition coefficient (Wildman–Crippen LogP) is 4.54. The van der Waals surface area contributed by atoms with Crippen molar-refractivity contribution in [2.45, 2.75) is 104 Å². The fourth-order valence-corrected chi connectivity index (χ4v) is 6.62. The van der Waals surface area contributed by atoms with Gasteiger partial charge >= 0.3 is 5.97 Å². The lowest BCUT2D eigenvalue weighted by atomic mass is 9.75. The maximum Gasteiger partial charge on any atom is 0.323 e. The molecule has 0 radical (unpaired) electrons. The second-order valence-electron chi connectivity index (χ2n) is 13.0. The summed E-state index contributed by atoms with van der Waals surface area (Å²) >= 11 is 0. The lowest BCUT2D eigenvalue weighted by Gasteiger charge is -2.31. The highest BCUT2D eigenvalue weighted by molar-refractivity contribution is 6.01. The van der Waals surface area contributed by atoms with Gasteiger partial charge in [0.25, 0.3) is 5.91 Å². The van der Waals surface area contributed by atoms with Gasteiger partial charge in [0.15, 0.2) is 5.78 Å². The molecule has 1 fully saturated rings. The Bertz CT molecular complexity index is 1370. The molecule has 3 aliphatic rings. The van der Waals surface area contributed by atoms with E-state index in [-0.39, 0.29) is 34.9 Å². The van der Waals surface area contributed by atoms with Crippen LogP contribution in [0.1, 0.15) is 104 Å². The van der Waals surface area contributed by atoms with E-state index in [4.69, 9.17) is 20.9 Å². The van der Waals surface area contributed by atoms with Crippen LogP contribution in [0.2, 0.25) is 0 Å². The number of nitrogens with one attached hydrogen (secondary N) is 1. The van der Waals surface area contributed by atoms with Gasteiger partial charge in [-0.05, 0) is 62.0 Å². The summed E-state index contributed by atoms with van der Waals surface area (Å²) < 4.78 is 28.9. The first-order chi connectivity index (χ1) is 19.3. The van der Waals surface area contributed by atoms with Crippen molar-refractivity contribution in [3.63, 3.8) is 0 Å². The molecule has 5 N–H and O–H groups in total. The molecule has 1 atom stereocenters. The molecule has 0 unspecified atom stereocenters. The van der Waals surface area contributed by atoms with Crippen molar-refractivity contribution >= 4 is 23.3 Å². The molecule has 1 aromatic heterocycles. The Morgan fingerprint density at radius 1 is 1.15 bits per heavy atom. The number of carbonyl (C=O) groups excluding carboxylic acids is 3. The van der Waals surface area contributed by atoms with Gasteiger partial charge in [-0.3, -0.25) is 14.4 Å². The molecule has 10 heteroatoms. The van der Waals surface area contributed by atoms with Gasteiger partial charge in [0.1, 0.15) is 18.0 Å². The summed E-state index contributed by atoms with van der Waals surface area (Å²) in [6.07, 6.45) is 4.01. The number of amides is 1. The Hall–Kier alpha value is -3.24. The Morgan fingerprint density at radius 2 is 1.85 bits per heavy atom. The highest BCUT2D eigenvalue weighted by Gasteiger charge is 2.39. The minimum Gasteiger partial charge on any atom is -0.461 e. The number of aromatic nitrogens is 1. The molecule has 1 aliphatic heterocycles. The molecule has 2 heterocycles. The summed E-state index contributed by atoms with van der Waals surface area (Å²) in [5.74, 6) is -1.60. The van der Waals surface area contributed by atoms with E-state index in [1.165, 1.54) is 6.07 Å². The van der Waals surface area contributed by atoms with Gasteiger partial charge in [0.2, 0.25) is 0 Å². The lowest BCUT2D eigenvalue weighted by molar-refractivity contribution is -0.152. The fraction of sp³-hybridized carbons (Fsp3) is 0.581. The topological polar surface area (TPSA) is 139 Å². The van der Waals surface area contributed by atoms with E-state index in [0.717, 1.165) is 17.0 Å². The molecule has 2 aromatic rings. The van der Waals surface area contributed by atoms with Crippen molar-refractivity contribution in [3.05, 3.63) is 46.0 Å². The molecule has 222 valence electrons. The van der Waals surface area contributed by atoms with Crippen molar-refractivity contribution in [2.75, 3.05) is 5.32 Å². The average molecular weight is 569 g/mol. The summed E-state index contributed by atoms with van der Waals surface area (Å²) in [4.78, 5) is 37.9. The summed E-state index contributed by atoms with van der Waals surface area (Å²) in [6, 6.07) is 2.34. The van der Waals surface area contributed by atoms with E-state index in [1.54, 1.807) is 6.07 Å². The van der Waals surface area contributed by atoms with Gasteiger partial charge in [-0.1, -0.05) is 27.7 Å². The molecular weight excluding hydrogens is 527 g/mol. The minimum atomic E-state index is -0.863. The van der Waals surface area contributed by atoms with Gasteiger partial charge in [-0.2, -0.15) is 0 Å². The summed E-state index contributed by atoms with van der Waals surface area (Å²) in [5.41, 5.74) is 15.3. The Kier molecular flexibility index (Phi) is 8.00. The standard InChI is InChI=1S/C31H41FN4O5/c1-16(2)9-22(33)30(39)41-19-7-5-17(6-8-19)35-23-11-18(10-21(32)28(23)29(34)38)36-24-12-31(3,4)13-26(37)27(24)20-14-40-15-25(20)36/h10-11,16-17,19,22,35H,5-9,12-15,33H2,1-4H3,(H2,34,38)/t17?,19?,22-/m0/s1. The molecule has 2 aliphatic carbocycles. The molecule has 0 spiro atoms. The zero-order valence-corrected chi connectivity index (χ0v) is 24.3. The number of hydrogen-bond acceptors (Lipinski definition) is 7. The van der Waals surface area contributed by atoms with Crippen LogP contribution in [-0.2, 0) is 33.9 Å². The van der Waals surface area contributed by atoms with Crippen LogP contribution in [0.4, 0.5) is 10.1 Å². The third-order valence-electron chi connectivity index (χ3n) is 8.45. The maximum absolute atomic E-state index is 15.6. The number of ketones is 1. The van der Waals surface area contributed by atoms with Gasteiger partial charge in [0.05, 0.1) is 35.8 Å². The number of nitrogens with two attached hydrogens (primary N) is 2. The Labute approximate surface area is 240 Å². The van der Waals surface area contributed by atoms with Crippen LogP contribution >= 0.6 is 0 Å². The van der Waals surface area contributed by atoms with Crippen molar-refractivity contribution in [1.82, 2.24) is 4.57 Å². The smallest absolute Gasteiger partial charge is 0.323 e. The maximum atomic E-state index is 15.6. The molecule has 41 heavy (non-hydrogen) atoms. The van der Waals surface area contributed by atoms with Crippen molar-refractivity contribution in [1.29, 1.82) is 0 Å². The Balaban J connectivity index is 1.40. The number of halogens is 1. The van der Waals surface area contributed by atoms with Crippen LogP contribution in [0.5, 0.6) is 0 Å². The minimum absolute atomic E-state index is 0.0739. The van der Waals surface area contributed by atoms with Crippen LogP contribution in [0.25, 0.3) is 5.69 Å². The fourth-order valence-electron chi connectivity index (χ4n) is 6.62. The first-order valence-corrected chi connectivity index (χ1v) is 14.6. The van der Waals surface area contributed by atoms with Crippen molar-refractivity contribution < 1.29 is 28.2 Å². The first-order valence-electron chi connectivity index (χ1n) is 14.6. The zero-order chi connectivity index (χ0) is 29.6. The predicted molar refractivity (Wildman–Crippen MR) is 152 cm³/mol. The van der Waals surface area contributed by atoms with Crippen LogP contribution in [0, 0.1) is 17.2 Å². The number of fused-ring (bicyclic) bond motifs is 3. The summed E-state index contributed by atoms with van der Waals surface area (Å²) in [5, 5.41) is 3.35. The molecule has 1 saturated carbocycles. The number of rotatable bonds is 8. The number of nitrogens with zero attached hydrogens (tertiary/aromatic N) is 1. The number of anilines is 1. The van der Waals surface area contributed by atoms with E-state index in [1.807, 2.05) is 18.4 Å². The quantitative estimate of drug-likeness (QED) is 0.398. The molecule has 0 bridgehead atoms. The number of benzene rings is 1. The van der Waals surface area contributed by atoms with Crippen LogP contribution in [0.15, 0.2) is 12.1 Å². The normalized spacial score (nSPS) is 22.3. The van der Waals surface area contributed by atoms with Gasteiger partial charge in [0, 0.05) is 29.3 Å². The molecule has 1 amide bonds. The van der Waals surface area contributed by atoms with E-state index in [0.29, 0.717) is 81.0 Å². The summed E-state index contributed by atoms with van der Waals surface area (Å²) in [6.45, 7) is 8.80. The highest BCUT2D eigenvalue weighted by atomic mass is 19.1. The van der Waals surface area contributed by atoms with E-state index < -0.39 is 17.8 Å². The van der Waals surface area contributed by atoms with E-state index in [9.17, 15) is 14.4 Å². The van der Waals surface area contributed by atoms with Crippen LogP contribution in [0.3, 0.4) is 0 Å². The highest BCUT2D eigenvalue weighted by Crippen LogP contribution is 2.43. The van der Waals surface area contributed by atoms with Gasteiger partial charge < -0.3 is 30.8 Å². The molecule has 5 rings (SSSR count). The molecule has 9 nitrogen and oxygen atoms in total. The van der Waals surface area contributed by atoms with E-state index in [2.05, 4.69) is 19.2 Å². The largest absolute Gasteiger partial charge is 0.461 e. The SMILES string of the molecule is CC(C)C[C@H](N)C(=O)OC1CCC(Nc2cc(-n3c4c(c5c3CC(C)(C)CC5=O)COC4)cc(F)c2C(N)=O)CC1. The third-order valence-corrected chi connectivity index (χ3v) is 8.45. The van der Waals surface area contributed by atoms with Crippen molar-refractivity contribution in [3.8, 4) is 5.69 Å². The number of Topliss-reactive ketones (excluding diaryl/α,β-unsaturated/α-hetero) is 1. The number of hydrogen-bond donors (Lipinski definition) is 3. The van der Waals surface area contributed by atoms with E-state index >= 15 is 4.39 Å². The number of esters is 1. The zero-order valence-electron chi connectivity index (χ0n) is 24.3. The monoisotopic (exact) mass is 568 g/mol.